The van der Waals surface area contributed by atoms with E-state index in [0.29, 0.717) is 17.3 Å². The van der Waals surface area contributed by atoms with Gasteiger partial charge in [-0.2, -0.15) is 9.78 Å². The minimum Gasteiger partial charge on any atom is -0.497 e. The highest BCUT2D eigenvalue weighted by Gasteiger charge is 2.21. The van der Waals surface area contributed by atoms with E-state index in [9.17, 15) is 4.79 Å². The van der Waals surface area contributed by atoms with Gasteiger partial charge in [-0.1, -0.05) is 0 Å². The molecule has 0 atom stereocenters. The van der Waals surface area contributed by atoms with E-state index in [0.717, 1.165) is 35.0 Å². The van der Waals surface area contributed by atoms with Crippen molar-refractivity contribution in [3.63, 3.8) is 0 Å². The molecule has 1 aliphatic carbocycles. The predicted octanol–water partition coefficient (Wildman–Crippen LogP) is 3.54. The van der Waals surface area contributed by atoms with E-state index in [-0.39, 0.29) is 5.56 Å². The number of aryl methyl sites for hydroxylation is 3. The van der Waals surface area contributed by atoms with Crippen LogP contribution in [0.4, 0.5) is 0 Å². The van der Waals surface area contributed by atoms with Gasteiger partial charge in [0.15, 0.2) is 0 Å². The van der Waals surface area contributed by atoms with Crippen LogP contribution in [0, 0.1) is 6.92 Å². The molecule has 2 aromatic heterocycles. The molecule has 0 spiro atoms. The van der Waals surface area contributed by atoms with Gasteiger partial charge in [0.1, 0.15) is 22.2 Å². The Morgan fingerprint density at radius 3 is 2.81 bits per heavy atom. The number of hydrogen-bond acceptors (Lipinski definition) is 6. The summed E-state index contributed by atoms with van der Waals surface area (Å²) in [5.74, 6) is 1.91. The van der Waals surface area contributed by atoms with Gasteiger partial charge in [-0.15, -0.1) is 11.3 Å². The van der Waals surface area contributed by atoms with Crippen LogP contribution >= 0.6 is 11.3 Å². The molecule has 1 aromatic carbocycles. The van der Waals surface area contributed by atoms with Gasteiger partial charge >= 0.3 is 0 Å². The Bertz CT molecular complexity index is 1100. The Hall–Kier alpha value is -2.67. The largest absolute Gasteiger partial charge is 0.497 e. The fourth-order valence-electron chi connectivity index (χ4n) is 3.48. The molecule has 0 N–H and O–H groups in total. The second kappa shape index (κ2) is 7.15. The van der Waals surface area contributed by atoms with E-state index < -0.39 is 0 Å². The van der Waals surface area contributed by atoms with Crippen molar-refractivity contribution in [2.24, 2.45) is 5.10 Å². The van der Waals surface area contributed by atoms with Crippen LogP contribution in [-0.2, 0) is 12.8 Å². The molecule has 27 heavy (non-hydrogen) atoms. The number of hydrogen-bond donors (Lipinski definition) is 0. The van der Waals surface area contributed by atoms with Crippen molar-refractivity contribution in [3.05, 3.63) is 50.4 Å². The molecule has 140 valence electrons. The highest BCUT2D eigenvalue weighted by molar-refractivity contribution is 7.18. The number of nitrogens with zero attached hydrogens (tertiary/aromatic N) is 3. The van der Waals surface area contributed by atoms with Crippen LogP contribution in [0.5, 0.6) is 11.5 Å². The molecule has 7 heteroatoms. The number of methoxy groups -OCH3 is 2. The van der Waals surface area contributed by atoms with Gasteiger partial charge < -0.3 is 9.47 Å². The van der Waals surface area contributed by atoms with Crippen LogP contribution in [0.1, 0.15) is 34.7 Å². The number of rotatable bonds is 4. The van der Waals surface area contributed by atoms with Gasteiger partial charge in [-0.3, -0.25) is 4.79 Å². The summed E-state index contributed by atoms with van der Waals surface area (Å²) in [5.41, 5.74) is 1.84. The Balaban J connectivity index is 1.80. The number of thiophene rings is 1. The summed E-state index contributed by atoms with van der Waals surface area (Å²) < 4.78 is 12.0. The number of fused-ring (bicyclic) bond motifs is 3. The van der Waals surface area contributed by atoms with Crippen LogP contribution in [0.25, 0.3) is 10.2 Å². The summed E-state index contributed by atoms with van der Waals surface area (Å²) in [6, 6.07) is 5.46. The van der Waals surface area contributed by atoms with Crippen LogP contribution in [0.3, 0.4) is 0 Å². The highest BCUT2D eigenvalue weighted by Crippen LogP contribution is 2.33. The first-order chi connectivity index (χ1) is 13.1. The molecule has 0 fully saturated rings. The second-order valence-corrected chi connectivity index (χ2v) is 7.60. The molecule has 0 amide bonds. The van der Waals surface area contributed by atoms with Gasteiger partial charge in [0.25, 0.3) is 5.56 Å². The molecule has 0 radical (unpaired) electrons. The van der Waals surface area contributed by atoms with Gasteiger partial charge in [0, 0.05) is 16.5 Å². The molecule has 0 bridgehead atoms. The van der Waals surface area contributed by atoms with Gasteiger partial charge in [0.05, 0.1) is 25.8 Å². The van der Waals surface area contributed by atoms with Gasteiger partial charge in [0.2, 0.25) is 0 Å². The maximum Gasteiger partial charge on any atom is 0.283 e. The van der Waals surface area contributed by atoms with Crippen LogP contribution in [0.2, 0.25) is 0 Å². The molecular formula is C20H21N3O3S. The monoisotopic (exact) mass is 383 g/mol. The average Bonchev–Trinajstić information content (AvgIpc) is 3.05. The molecule has 0 aliphatic heterocycles. The molecule has 0 saturated carbocycles. The van der Waals surface area contributed by atoms with Crippen molar-refractivity contribution >= 4 is 27.8 Å². The lowest BCUT2D eigenvalue weighted by atomic mass is 9.97. The Labute approximate surface area is 161 Å². The van der Waals surface area contributed by atoms with Gasteiger partial charge in [-0.25, -0.2) is 4.98 Å². The first kappa shape index (κ1) is 17.7. The third kappa shape index (κ3) is 3.12. The number of benzene rings is 1. The second-order valence-electron chi connectivity index (χ2n) is 6.52. The Morgan fingerprint density at radius 2 is 2.04 bits per heavy atom. The Kier molecular flexibility index (Phi) is 4.70. The minimum atomic E-state index is -0.0966. The van der Waals surface area contributed by atoms with Crippen molar-refractivity contribution in [2.45, 2.75) is 32.6 Å². The third-order valence-corrected chi connectivity index (χ3v) is 6.07. The van der Waals surface area contributed by atoms with Gasteiger partial charge in [-0.05, 0) is 50.3 Å². The zero-order valence-electron chi connectivity index (χ0n) is 15.6. The zero-order valence-corrected chi connectivity index (χ0v) is 16.4. The van der Waals surface area contributed by atoms with Crippen molar-refractivity contribution in [2.75, 3.05) is 14.2 Å². The summed E-state index contributed by atoms with van der Waals surface area (Å²) >= 11 is 1.65. The summed E-state index contributed by atoms with van der Waals surface area (Å²) in [4.78, 5) is 19.9. The first-order valence-corrected chi connectivity index (χ1v) is 9.74. The first-order valence-electron chi connectivity index (χ1n) is 8.92. The van der Waals surface area contributed by atoms with Crippen molar-refractivity contribution in [1.29, 1.82) is 0 Å². The smallest absolute Gasteiger partial charge is 0.283 e. The summed E-state index contributed by atoms with van der Waals surface area (Å²) in [6.45, 7) is 1.81. The maximum absolute atomic E-state index is 13.1. The lowest BCUT2D eigenvalue weighted by Crippen LogP contribution is -2.21. The molecular weight excluding hydrogens is 362 g/mol. The highest BCUT2D eigenvalue weighted by atomic mass is 32.1. The molecule has 2 heterocycles. The van der Waals surface area contributed by atoms with Crippen molar-refractivity contribution < 1.29 is 9.47 Å². The van der Waals surface area contributed by atoms with E-state index in [1.807, 2.05) is 19.1 Å². The van der Waals surface area contributed by atoms with Crippen LogP contribution < -0.4 is 15.0 Å². The van der Waals surface area contributed by atoms with E-state index in [1.165, 1.54) is 21.5 Å². The number of aromatic nitrogens is 2. The Morgan fingerprint density at radius 1 is 1.22 bits per heavy atom. The third-order valence-electron chi connectivity index (χ3n) is 4.88. The molecule has 0 unspecified atom stereocenters. The predicted molar refractivity (Wildman–Crippen MR) is 108 cm³/mol. The fourth-order valence-corrected chi connectivity index (χ4v) is 4.78. The molecule has 4 rings (SSSR count). The average molecular weight is 383 g/mol. The summed E-state index contributed by atoms with van der Waals surface area (Å²) in [7, 11) is 3.20. The maximum atomic E-state index is 13.1. The topological polar surface area (TPSA) is 65.7 Å². The van der Waals surface area contributed by atoms with E-state index in [2.05, 4.69) is 10.1 Å². The molecule has 6 nitrogen and oxygen atoms in total. The normalized spacial score (nSPS) is 13.9. The molecule has 3 aromatic rings. The molecule has 0 saturated heterocycles. The van der Waals surface area contributed by atoms with Crippen LogP contribution in [-0.4, -0.2) is 30.1 Å². The van der Waals surface area contributed by atoms with Crippen LogP contribution in [0.15, 0.2) is 28.1 Å². The van der Waals surface area contributed by atoms with Crippen molar-refractivity contribution in [3.8, 4) is 11.5 Å². The minimum absolute atomic E-state index is 0.0966. The standard InChI is InChI=1S/C20H21N3O3S/c1-12-22-19-18(15-6-4-5-7-17(15)27-19)20(24)23(12)21-11-13-8-9-14(25-2)10-16(13)26-3/h8-11H,4-7H2,1-3H3/b21-11+. The quantitative estimate of drug-likeness (QED) is 0.647. The summed E-state index contributed by atoms with van der Waals surface area (Å²) in [5, 5.41) is 5.15. The van der Waals surface area contributed by atoms with Crippen molar-refractivity contribution in [1.82, 2.24) is 9.66 Å². The lowest BCUT2D eigenvalue weighted by Gasteiger charge is -2.10. The SMILES string of the molecule is COc1ccc(/C=N/n2c(C)nc3sc4c(c3c2=O)CCCC4)c(OC)c1. The van der Waals surface area contributed by atoms with E-state index in [1.54, 1.807) is 37.8 Å². The lowest BCUT2D eigenvalue weighted by molar-refractivity contribution is 0.394. The summed E-state index contributed by atoms with van der Waals surface area (Å²) in [6.07, 6.45) is 5.92. The zero-order chi connectivity index (χ0) is 19.0. The van der Waals surface area contributed by atoms with E-state index >= 15 is 0 Å². The molecule has 1 aliphatic rings. The number of ether oxygens (including phenoxy) is 2. The fraction of sp³-hybridized carbons (Fsp3) is 0.350. The van der Waals surface area contributed by atoms with E-state index in [4.69, 9.17) is 9.47 Å².